The van der Waals surface area contributed by atoms with E-state index in [1.807, 2.05) is 0 Å². The van der Waals surface area contributed by atoms with Crippen molar-refractivity contribution in [1.82, 2.24) is 0 Å². The highest BCUT2D eigenvalue weighted by molar-refractivity contribution is 6.09. The topological polar surface area (TPSA) is 161 Å². The van der Waals surface area contributed by atoms with Crippen LogP contribution in [0.2, 0.25) is 0 Å². The van der Waals surface area contributed by atoms with Crippen LogP contribution in [0, 0.1) is 11.8 Å². The molecule has 230 valence electrons. The largest absolute Gasteiger partial charge is 0.469 e. The van der Waals surface area contributed by atoms with Gasteiger partial charge in [0.05, 0.1) is 26.1 Å². The van der Waals surface area contributed by atoms with Gasteiger partial charge in [-0.05, 0) is 12.2 Å². The molecule has 0 bridgehead atoms. The summed E-state index contributed by atoms with van der Waals surface area (Å²) in [7, 11) is 7.84. The average molecular weight is 595 g/mol. The molecule has 0 aromatic rings. The molecule has 42 heavy (non-hydrogen) atoms. The summed E-state index contributed by atoms with van der Waals surface area (Å²) >= 11 is 0. The molecule has 2 aliphatic carbocycles. The minimum absolute atomic E-state index is 0.0293. The van der Waals surface area contributed by atoms with Gasteiger partial charge in [-0.25, -0.2) is 0 Å². The van der Waals surface area contributed by atoms with Crippen LogP contribution in [-0.2, 0) is 66.5 Å². The molecule has 14 nitrogen and oxygen atoms in total. The highest BCUT2D eigenvalue weighted by Gasteiger charge is 2.35. The number of ether oxygens (including phenoxy) is 10. The number of carbonyl (C=O) groups excluding carboxylic acids is 4. The van der Waals surface area contributed by atoms with Crippen LogP contribution in [-0.4, -0.2) is 93.3 Å². The predicted molar refractivity (Wildman–Crippen MR) is 141 cm³/mol. The van der Waals surface area contributed by atoms with Gasteiger partial charge in [0.1, 0.15) is 0 Å². The maximum atomic E-state index is 13.0. The molecule has 0 N–H and O–H groups in total. The van der Waals surface area contributed by atoms with Crippen molar-refractivity contribution in [1.29, 1.82) is 0 Å². The second-order valence-corrected chi connectivity index (χ2v) is 8.31. The fourth-order valence-corrected chi connectivity index (χ4v) is 3.61. The average Bonchev–Trinajstić information content (AvgIpc) is 2.99. The minimum atomic E-state index is -1.41. The predicted octanol–water partition coefficient (Wildman–Crippen LogP) is 1.60. The minimum Gasteiger partial charge on any atom is -0.469 e. The van der Waals surface area contributed by atoms with Gasteiger partial charge in [-0.15, -0.1) is 0 Å². The number of ketones is 2. The van der Waals surface area contributed by atoms with Crippen molar-refractivity contribution in [2.75, 3.05) is 69.8 Å². The standard InChI is InChI=1S/C28H34O14/c1-33-13-39-23-9-17(21(29)11-25(23)41-15-35-3)7-19(27(31)37-5)20(28(32)38-6)8-18-10-24(40-14-34-2)26(12-22(18)30)42-16-36-4/h7-12,19-20H,13-16H2,1-6H3/b17-7+,18-8+. The lowest BCUT2D eigenvalue weighted by Gasteiger charge is -2.22. The number of hydrogen-bond acceptors (Lipinski definition) is 14. The first-order valence-electron chi connectivity index (χ1n) is 12.3. The van der Waals surface area contributed by atoms with Gasteiger partial charge in [0.25, 0.3) is 0 Å². The molecule has 2 unspecified atom stereocenters. The third kappa shape index (κ3) is 9.41. The van der Waals surface area contributed by atoms with Crippen LogP contribution in [0.4, 0.5) is 0 Å². The normalized spacial score (nSPS) is 18.3. The van der Waals surface area contributed by atoms with Crippen LogP contribution in [0.15, 0.2) is 70.6 Å². The first-order chi connectivity index (χ1) is 20.2. The van der Waals surface area contributed by atoms with Crippen molar-refractivity contribution < 1.29 is 66.5 Å². The van der Waals surface area contributed by atoms with E-state index >= 15 is 0 Å². The van der Waals surface area contributed by atoms with Gasteiger partial charge < -0.3 is 47.4 Å². The Hall–Kier alpha value is -4.24. The van der Waals surface area contributed by atoms with Crippen molar-refractivity contribution in [3.05, 3.63) is 70.6 Å². The maximum absolute atomic E-state index is 13.0. The molecule has 0 fully saturated rings. The molecule has 0 spiro atoms. The molecular weight excluding hydrogens is 560 g/mol. The van der Waals surface area contributed by atoms with Gasteiger partial charge >= 0.3 is 11.9 Å². The van der Waals surface area contributed by atoms with E-state index in [2.05, 4.69) is 0 Å². The molecule has 0 aliphatic heterocycles. The third-order valence-corrected chi connectivity index (χ3v) is 5.53. The molecule has 2 rings (SSSR count). The van der Waals surface area contributed by atoms with Gasteiger partial charge in [0.15, 0.2) is 61.8 Å². The summed E-state index contributed by atoms with van der Waals surface area (Å²) in [6, 6.07) is 0. The molecule has 2 aliphatic rings. The summed E-state index contributed by atoms with van der Waals surface area (Å²) in [6.07, 6.45) is 7.33. The zero-order valence-electron chi connectivity index (χ0n) is 24.2. The Balaban J connectivity index is 2.60. The molecule has 0 amide bonds. The Morgan fingerprint density at radius 1 is 0.548 bits per heavy atom. The van der Waals surface area contributed by atoms with E-state index in [9.17, 15) is 19.2 Å². The van der Waals surface area contributed by atoms with Crippen LogP contribution < -0.4 is 0 Å². The maximum Gasteiger partial charge on any atom is 0.313 e. The monoisotopic (exact) mass is 594 g/mol. The highest BCUT2D eigenvalue weighted by atomic mass is 16.7. The third-order valence-electron chi connectivity index (χ3n) is 5.53. The van der Waals surface area contributed by atoms with Crippen LogP contribution in [0.25, 0.3) is 0 Å². The Morgan fingerprint density at radius 3 is 1.10 bits per heavy atom. The van der Waals surface area contributed by atoms with Gasteiger partial charge in [0, 0.05) is 51.7 Å². The quantitative estimate of drug-likeness (QED) is 0.136. The Bertz CT molecular complexity index is 1090. The molecule has 0 heterocycles. The molecule has 0 aromatic carbocycles. The van der Waals surface area contributed by atoms with Crippen LogP contribution >= 0.6 is 0 Å². The van der Waals surface area contributed by atoms with Crippen LogP contribution in [0.5, 0.6) is 0 Å². The SMILES string of the molecule is COCOC1=CC(=O)/C(=C/C(C(=O)OC)C(/C=C2\C=C(OCOC)C(OCOC)=CC2=O)C(=O)OC)C=C1OCOC. The number of carbonyl (C=O) groups is 4. The van der Waals surface area contributed by atoms with Crippen molar-refractivity contribution in [3.63, 3.8) is 0 Å². The number of hydrogen-bond donors (Lipinski definition) is 0. The van der Waals surface area contributed by atoms with Gasteiger partial charge in [-0.2, -0.15) is 0 Å². The second kappa shape index (κ2) is 17.5. The van der Waals surface area contributed by atoms with Crippen molar-refractivity contribution in [3.8, 4) is 0 Å². The summed E-state index contributed by atoms with van der Waals surface area (Å²) < 4.78 is 51.3. The Kier molecular flexibility index (Phi) is 14.2. The van der Waals surface area contributed by atoms with Gasteiger partial charge in [-0.3, -0.25) is 19.2 Å². The summed E-state index contributed by atoms with van der Waals surface area (Å²) in [5, 5.41) is 0. The summed E-state index contributed by atoms with van der Waals surface area (Å²) in [5.74, 6) is -5.38. The smallest absolute Gasteiger partial charge is 0.313 e. The Labute approximate surface area is 242 Å². The number of rotatable bonds is 17. The molecule has 0 radical (unpaired) electrons. The lowest BCUT2D eigenvalue weighted by atomic mass is 9.86. The lowest BCUT2D eigenvalue weighted by Crippen LogP contribution is -2.31. The van der Waals surface area contributed by atoms with E-state index in [0.717, 1.165) is 26.4 Å². The number of methoxy groups -OCH3 is 6. The lowest BCUT2D eigenvalue weighted by molar-refractivity contribution is -0.153. The highest BCUT2D eigenvalue weighted by Crippen LogP contribution is 2.30. The van der Waals surface area contributed by atoms with E-state index in [1.165, 1.54) is 52.7 Å². The first kappa shape index (κ1) is 34.0. The fourth-order valence-electron chi connectivity index (χ4n) is 3.61. The number of esters is 2. The second-order valence-electron chi connectivity index (χ2n) is 8.31. The summed E-state index contributed by atoms with van der Waals surface area (Å²) in [6.45, 7) is -0.689. The van der Waals surface area contributed by atoms with Crippen LogP contribution in [0.1, 0.15) is 0 Å². The molecule has 14 heteroatoms. The van der Waals surface area contributed by atoms with Gasteiger partial charge in [-0.1, -0.05) is 12.2 Å². The van der Waals surface area contributed by atoms with Crippen molar-refractivity contribution in [2.24, 2.45) is 11.8 Å². The molecular formula is C28H34O14. The van der Waals surface area contributed by atoms with E-state index < -0.39 is 35.3 Å². The fraction of sp³-hybridized carbons (Fsp3) is 0.429. The summed E-state index contributed by atoms with van der Waals surface area (Å²) in [5.41, 5.74) is -0.0586. The van der Waals surface area contributed by atoms with Gasteiger partial charge in [0.2, 0.25) is 0 Å². The van der Waals surface area contributed by atoms with Crippen LogP contribution in [0.3, 0.4) is 0 Å². The number of allylic oxidation sites excluding steroid dienone is 6. The van der Waals surface area contributed by atoms with E-state index in [1.54, 1.807) is 0 Å². The van der Waals surface area contributed by atoms with E-state index in [4.69, 9.17) is 47.4 Å². The van der Waals surface area contributed by atoms with E-state index in [0.29, 0.717) is 0 Å². The Morgan fingerprint density at radius 2 is 0.833 bits per heavy atom. The molecule has 0 saturated heterocycles. The zero-order chi connectivity index (χ0) is 31.1. The van der Waals surface area contributed by atoms with Crippen molar-refractivity contribution in [2.45, 2.75) is 0 Å². The van der Waals surface area contributed by atoms with E-state index in [-0.39, 0.29) is 61.4 Å². The summed E-state index contributed by atoms with van der Waals surface area (Å²) in [4.78, 5) is 52.0. The molecule has 2 atom stereocenters. The molecule has 0 aromatic heterocycles. The van der Waals surface area contributed by atoms with Crippen molar-refractivity contribution >= 4 is 23.5 Å². The molecule has 0 saturated carbocycles. The zero-order valence-corrected chi connectivity index (χ0v) is 24.2. The first-order valence-corrected chi connectivity index (χ1v) is 12.3.